The Morgan fingerprint density at radius 2 is 1.60 bits per heavy atom. The van der Waals surface area contributed by atoms with Crippen molar-refractivity contribution in [2.45, 2.75) is 62.9 Å². The molecule has 1 unspecified atom stereocenters. The summed E-state index contributed by atoms with van der Waals surface area (Å²) in [6, 6.07) is 16.1. The van der Waals surface area contributed by atoms with E-state index in [2.05, 4.69) is 34.9 Å². The topological polar surface area (TPSA) is 105 Å². The third-order valence-electron chi connectivity index (χ3n) is 7.93. The quantitative estimate of drug-likeness (QED) is 0.548. The lowest BCUT2D eigenvalue weighted by Gasteiger charge is -2.34. The highest BCUT2D eigenvalue weighted by Crippen LogP contribution is 2.45. The van der Waals surface area contributed by atoms with Crippen molar-refractivity contribution < 1.29 is 24.2 Å². The Kier molecular flexibility index (Phi) is 6.26. The summed E-state index contributed by atoms with van der Waals surface area (Å²) in [7, 11) is 0. The molecule has 3 N–H and O–H groups in total. The summed E-state index contributed by atoms with van der Waals surface area (Å²) in [4.78, 5) is 37.6. The third-order valence-corrected chi connectivity index (χ3v) is 7.93. The number of fused-ring (bicyclic) bond motifs is 3. The lowest BCUT2D eigenvalue weighted by molar-refractivity contribution is -0.143. The lowest BCUT2D eigenvalue weighted by Crippen LogP contribution is -2.60. The number of hydrogen-bond acceptors (Lipinski definition) is 4. The molecule has 7 nitrogen and oxygen atoms in total. The number of amides is 2. The van der Waals surface area contributed by atoms with Crippen LogP contribution in [-0.4, -0.2) is 41.3 Å². The Bertz CT molecular complexity index is 1100. The van der Waals surface area contributed by atoms with Gasteiger partial charge in [0.05, 0.1) is 5.92 Å². The number of carbonyl (C=O) groups excluding carboxylic acids is 2. The Hall–Kier alpha value is -3.35. The first-order chi connectivity index (χ1) is 16.9. The monoisotopic (exact) mass is 476 g/mol. The average Bonchev–Trinajstić information content (AvgIpc) is 3.67. The van der Waals surface area contributed by atoms with E-state index in [-0.39, 0.29) is 30.4 Å². The molecule has 3 aliphatic rings. The number of rotatable bonds is 7. The van der Waals surface area contributed by atoms with Gasteiger partial charge in [0.15, 0.2) is 0 Å². The summed E-state index contributed by atoms with van der Waals surface area (Å²) in [5.74, 6) is -1.52. The van der Waals surface area contributed by atoms with E-state index in [0.29, 0.717) is 12.8 Å². The molecule has 0 aliphatic heterocycles. The van der Waals surface area contributed by atoms with Gasteiger partial charge < -0.3 is 20.5 Å². The Balaban J connectivity index is 1.24. The van der Waals surface area contributed by atoms with E-state index in [4.69, 9.17) is 4.74 Å². The van der Waals surface area contributed by atoms with E-state index in [9.17, 15) is 19.5 Å². The van der Waals surface area contributed by atoms with Crippen molar-refractivity contribution in [3.05, 3.63) is 59.7 Å². The van der Waals surface area contributed by atoms with Gasteiger partial charge in [-0.05, 0) is 67.2 Å². The van der Waals surface area contributed by atoms with Gasteiger partial charge in [-0.25, -0.2) is 4.79 Å². The van der Waals surface area contributed by atoms with Gasteiger partial charge in [0.1, 0.15) is 12.1 Å². The second-order valence-electron chi connectivity index (χ2n) is 10.3. The van der Waals surface area contributed by atoms with Gasteiger partial charge >= 0.3 is 12.1 Å². The molecule has 7 heteroatoms. The predicted octanol–water partition coefficient (Wildman–Crippen LogP) is 4.45. The molecule has 184 valence electrons. The largest absolute Gasteiger partial charge is 0.481 e. The number of aliphatic carboxylic acids is 1. The second-order valence-corrected chi connectivity index (χ2v) is 10.3. The molecule has 2 saturated carbocycles. The highest BCUT2D eigenvalue weighted by Gasteiger charge is 2.49. The Labute approximate surface area is 205 Å². The number of carbonyl (C=O) groups is 3. The fourth-order valence-electron chi connectivity index (χ4n) is 5.73. The molecule has 0 radical (unpaired) electrons. The maximum Gasteiger partial charge on any atom is 0.408 e. The summed E-state index contributed by atoms with van der Waals surface area (Å²) in [5, 5.41) is 15.2. The van der Waals surface area contributed by atoms with Crippen molar-refractivity contribution in [2.75, 3.05) is 6.61 Å². The van der Waals surface area contributed by atoms with Crippen LogP contribution in [0.3, 0.4) is 0 Å². The molecular formula is C28H32N2O5. The van der Waals surface area contributed by atoms with Gasteiger partial charge in [0.2, 0.25) is 5.91 Å². The Morgan fingerprint density at radius 1 is 0.971 bits per heavy atom. The lowest BCUT2D eigenvalue weighted by atomic mass is 9.85. The third kappa shape index (κ3) is 4.64. The molecule has 35 heavy (non-hydrogen) atoms. The van der Waals surface area contributed by atoms with Crippen LogP contribution in [0, 0.1) is 11.8 Å². The van der Waals surface area contributed by atoms with Crippen LogP contribution < -0.4 is 10.6 Å². The highest BCUT2D eigenvalue weighted by molar-refractivity contribution is 5.90. The fourth-order valence-corrected chi connectivity index (χ4v) is 5.73. The minimum atomic E-state index is -1.08. The van der Waals surface area contributed by atoms with Crippen molar-refractivity contribution in [1.82, 2.24) is 10.6 Å². The minimum Gasteiger partial charge on any atom is -0.481 e. The number of alkyl carbamates (subject to hydrolysis) is 1. The van der Waals surface area contributed by atoms with Crippen LogP contribution in [0.15, 0.2) is 48.5 Å². The molecule has 2 aromatic rings. The van der Waals surface area contributed by atoms with Crippen LogP contribution in [0.2, 0.25) is 0 Å². The van der Waals surface area contributed by atoms with Crippen molar-refractivity contribution in [3.8, 4) is 11.1 Å². The highest BCUT2D eigenvalue weighted by atomic mass is 16.5. The first-order valence-electron chi connectivity index (χ1n) is 12.5. The number of hydrogen-bond donors (Lipinski definition) is 3. The number of benzene rings is 2. The SMILES string of the molecule is CC(NC(=O)OCC1c2ccccc2-c2ccccc21)(C(=O)N[C@@H]1CCC[C@H](C(=O)O)C1)C1CC1. The van der Waals surface area contributed by atoms with E-state index in [1.807, 2.05) is 24.3 Å². The molecule has 2 fully saturated rings. The van der Waals surface area contributed by atoms with Gasteiger partial charge in [-0.3, -0.25) is 9.59 Å². The van der Waals surface area contributed by atoms with Gasteiger partial charge in [-0.1, -0.05) is 55.0 Å². The number of carboxylic acid groups (broad SMARTS) is 1. The number of nitrogens with one attached hydrogen (secondary N) is 2. The second kappa shape index (κ2) is 9.36. The Morgan fingerprint density at radius 3 is 2.20 bits per heavy atom. The molecule has 0 saturated heterocycles. The molecule has 0 bridgehead atoms. The van der Waals surface area contributed by atoms with Gasteiger partial charge in [0, 0.05) is 12.0 Å². The van der Waals surface area contributed by atoms with Crippen LogP contribution in [-0.2, 0) is 14.3 Å². The fraction of sp³-hybridized carbons (Fsp3) is 0.464. The molecule has 5 rings (SSSR count). The molecule has 0 spiro atoms. The zero-order chi connectivity index (χ0) is 24.6. The molecule has 3 aliphatic carbocycles. The van der Waals surface area contributed by atoms with Gasteiger partial charge in [-0.2, -0.15) is 0 Å². The van der Waals surface area contributed by atoms with E-state index in [0.717, 1.165) is 47.9 Å². The van der Waals surface area contributed by atoms with Gasteiger partial charge in [-0.15, -0.1) is 0 Å². The number of ether oxygens (including phenoxy) is 1. The van der Waals surface area contributed by atoms with Gasteiger partial charge in [0.25, 0.3) is 0 Å². The first-order valence-corrected chi connectivity index (χ1v) is 12.5. The van der Waals surface area contributed by atoms with Crippen LogP contribution in [0.4, 0.5) is 4.79 Å². The first kappa shape index (κ1) is 23.4. The predicted molar refractivity (Wildman–Crippen MR) is 131 cm³/mol. The summed E-state index contributed by atoms with van der Waals surface area (Å²) in [6.07, 6.45) is 3.69. The molecule has 2 amide bonds. The molecule has 2 aromatic carbocycles. The summed E-state index contributed by atoms with van der Waals surface area (Å²) >= 11 is 0. The summed E-state index contributed by atoms with van der Waals surface area (Å²) in [6.45, 7) is 1.93. The molecular weight excluding hydrogens is 444 g/mol. The smallest absolute Gasteiger partial charge is 0.408 e. The van der Waals surface area contributed by atoms with E-state index in [1.165, 1.54) is 0 Å². The molecule has 0 aromatic heterocycles. The zero-order valence-electron chi connectivity index (χ0n) is 20.0. The van der Waals surface area contributed by atoms with Crippen LogP contribution in [0.25, 0.3) is 11.1 Å². The van der Waals surface area contributed by atoms with Crippen molar-refractivity contribution in [3.63, 3.8) is 0 Å². The van der Waals surface area contributed by atoms with Crippen molar-refractivity contribution in [1.29, 1.82) is 0 Å². The van der Waals surface area contributed by atoms with E-state index in [1.54, 1.807) is 6.92 Å². The van der Waals surface area contributed by atoms with Crippen LogP contribution in [0.1, 0.15) is 62.5 Å². The van der Waals surface area contributed by atoms with E-state index >= 15 is 0 Å². The maximum atomic E-state index is 13.3. The number of carboxylic acids is 1. The summed E-state index contributed by atoms with van der Waals surface area (Å²) < 4.78 is 5.69. The zero-order valence-corrected chi connectivity index (χ0v) is 20.0. The maximum absolute atomic E-state index is 13.3. The summed E-state index contributed by atoms with van der Waals surface area (Å²) in [5.41, 5.74) is 3.50. The molecule has 0 heterocycles. The normalized spacial score (nSPS) is 22.9. The van der Waals surface area contributed by atoms with Crippen LogP contribution in [0.5, 0.6) is 0 Å². The average molecular weight is 477 g/mol. The van der Waals surface area contributed by atoms with Crippen molar-refractivity contribution >= 4 is 18.0 Å². The van der Waals surface area contributed by atoms with Crippen molar-refractivity contribution in [2.24, 2.45) is 11.8 Å². The molecule has 3 atom stereocenters. The minimum absolute atomic E-state index is 0.0434. The van der Waals surface area contributed by atoms with E-state index < -0.39 is 23.5 Å². The van der Waals surface area contributed by atoms with Crippen LogP contribution >= 0.6 is 0 Å². The standard InChI is InChI=1S/C28H32N2O5/c1-28(18-13-14-18,26(33)29-19-8-6-7-17(15-19)25(31)32)30-27(34)35-16-24-22-11-4-2-9-20(22)21-10-3-5-12-23(21)24/h2-5,9-12,17-19,24H,6-8,13-16H2,1H3,(H,29,33)(H,30,34)(H,31,32)/t17-,19+,28?/m0/s1.